The maximum absolute atomic E-state index is 13.5. The van der Waals surface area contributed by atoms with Gasteiger partial charge >= 0.3 is 0 Å². The highest BCUT2D eigenvalue weighted by Crippen LogP contribution is 2.25. The molecule has 1 amide bonds. The number of carbonyl (C=O) groups is 1. The molecular formula is C27H26ClN5O5S2. The fourth-order valence-electron chi connectivity index (χ4n) is 3.76. The number of carbonyl (C=O) groups excluding carboxylic acids is 1. The molecule has 1 heterocycles. The SMILES string of the molecule is Cc1ccc(N(CC(=O)Nc2ccc(S(=O)(=O)Nc3nc(C)cc(C)n3)cc2)S(=O)(=O)c2ccc(Cl)cc2)cc1. The Labute approximate surface area is 238 Å². The van der Waals surface area contributed by atoms with E-state index in [0.29, 0.717) is 22.1 Å². The van der Waals surface area contributed by atoms with Crippen LogP contribution in [0.3, 0.4) is 0 Å². The number of aryl methyl sites for hydroxylation is 3. The predicted molar refractivity (Wildman–Crippen MR) is 155 cm³/mol. The Morgan fingerprint density at radius 1 is 0.800 bits per heavy atom. The third-order valence-electron chi connectivity index (χ3n) is 5.67. The lowest BCUT2D eigenvalue weighted by Crippen LogP contribution is -2.38. The highest BCUT2D eigenvalue weighted by molar-refractivity contribution is 7.93. The summed E-state index contributed by atoms with van der Waals surface area (Å²) in [6.45, 7) is 4.79. The number of rotatable bonds is 9. The Bertz CT molecular complexity index is 1720. The first-order valence-corrected chi connectivity index (χ1v) is 15.2. The van der Waals surface area contributed by atoms with Gasteiger partial charge in [-0.25, -0.2) is 31.5 Å². The van der Waals surface area contributed by atoms with Crippen LogP contribution in [0, 0.1) is 20.8 Å². The highest BCUT2D eigenvalue weighted by Gasteiger charge is 2.27. The van der Waals surface area contributed by atoms with E-state index in [0.717, 1.165) is 9.87 Å². The fraction of sp³-hybridized carbons (Fsp3) is 0.148. The molecule has 13 heteroatoms. The van der Waals surface area contributed by atoms with Crippen LogP contribution >= 0.6 is 11.6 Å². The summed E-state index contributed by atoms with van der Waals surface area (Å²) in [5.41, 5.74) is 2.73. The molecule has 1 aromatic heterocycles. The van der Waals surface area contributed by atoms with Crippen molar-refractivity contribution in [3.8, 4) is 0 Å². The van der Waals surface area contributed by atoms with E-state index in [1.165, 1.54) is 48.5 Å². The van der Waals surface area contributed by atoms with Crippen LogP contribution in [0.2, 0.25) is 5.02 Å². The number of anilines is 3. The van der Waals surface area contributed by atoms with Crippen molar-refractivity contribution >= 4 is 54.9 Å². The van der Waals surface area contributed by atoms with Crippen LogP contribution in [0.1, 0.15) is 17.0 Å². The summed E-state index contributed by atoms with van der Waals surface area (Å²) in [4.78, 5) is 21.1. The number of sulfonamides is 2. The summed E-state index contributed by atoms with van der Waals surface area (Å²) in [6, 6.07) is 19.5. The first-order valence-electron chi connectivity index (χ1n) is 11.9. The largest absolute Gasteiger partial charge is 0.325 e. The zero-order chi connectivity index (χ0) is 29.1. The van der Waals surface area contributed by atoms with Gasteiger partial charge in [-0.3, -0.25) is 9.10 Å². The van der Waals surface area contributed by atoms with Gasteiger partial charge in [-0.1, -0.05) is 29.3 Å². The topological polar surface area (TPSA) is 138 Å². The number of hydrogen-bond donors (Lipinski definition) is 2. The van der Waals surface area contributed by atoms with E-state index in [1.54, 1.807) is 44.2 Å². The van der Waals surface area contributed by atoms with Crippen molar-refractivity contribution in [1.29, 1.82) is 0 Å². The minimum Gasteiger partial charge on any atom is -0.325 e. The van der Waals surface area contributed by atoms with Crippen LogP contribution in [-0.4, -0.2) is 39.3 Å². The average molecular weight is 600 g/mol. The second-order valence-corrected chi connectivity index (χ2v) is 12.9. The minimum absolute atomic E-state index is 0.0277. The van der Waals surface area contributed by atoms with Gasteiger partial charge in [-0.05, 0) is 87.5 Å². The Kier molecular flexibility index (Phi) is 8.43. The molecule has 0 aliphatic heterocycles. The molecule has 208 valence electrons. The van der Waals surface area contributed by atoms with E-state index in [-0.39, 0.29) is 21.4 Å². The molecule has 2 N–H and O–H groups in total. The first kappa shape index (κ1) is 29.0. The van der Waals surface area contributed by atoms with Gasteiger partial charge in [-0.2, -0.15) is 0 Å². The number of nitrogens with zero attached hydrogens (tertiary/aromatic N) is 3. The molecule has 0 unspecified atom stereocenters. The molecule has 3 aromatic carbocycles. The van der Waals surface area contributed by atoms with Crippen LogP contribution in [-0.2, 0) is 24.8 Å². The fourth-order valence-corrected chi connectivity index (χ4v) is 6.25. The Morgan fingerprint density at radius 3 is 1.93 bits per heavy atom. The van der Waals surface area contributed by atoms with Gasteiger partial charge in [0.25, 0.3) is 20.0 Å². The van der Waals surface area contributed by atoms with E-state index >= 15 is 0 Å². The average Bonchev–Trinajstić information content (AvgIpc) is 2.87. The molecule has 40 heavy (non-hydrogen) atoms. The molecule has 0 bridgehead atoms. The zero-order valence-corrected chi connectivity index (χ0v) is 24.2. The van der Waals surface area contributed by atoms with Crippen LogP contribution in [0.5, 0.6) is 0 Å². The van der Waals surface area contributed by atoms with Gasteiger partial charge in [-0.15, -0.1) is 0 Å². The third kappa shape index (κ3) is 6.95. The second-order valence-electron chi connectivity index (χ2n) is 8.95. The van der Waals surface area contributed by atoms with Gasteiger partial charge in [0.15, 0.2) is 0 Å². The van der Waals surface area contributed by atoms with Crippen LogP contribution in [0.15, 0.2) is 88.7 Å². The number of amides is 1. The standard InChI is InChI=1S/C27H26ClN5O5S2/c1-18-4-10-23(11-5-18)33(40(37,38)25-12-6-21(28)7-13-25)17-26(34)31-22-8-14-24(15-9-22)39(35,36)32-27-29-19(2)16-20(3)30-27/h4-16H,17H2,1-3H3,(H,31,34)(H,29,30,32). The quantitative estimate of drug-likeness (QED) is 0.284. The molecule has 0 fully saturated rings. The molecule has 0 aliphatic carbocycles. The summed E-state index contributed by atoms with van der Waals surface area (Å²) in [5, 5.41) is 3.00. The lowest BCUT2D eigenvalue weighted by Gasteiger charge is -2.24. The molecule has 0 saturated heterocycles. The number of nitrogens with one attached hydrogen (secondary N) is 2. The Hall–Kier alpha value is -4.00. The maximum Gasteiger partial charge on any atom is 0.264 e. The molecule has 0 aliphatic rings. The first-order chi connectivity index (χ1) is 18.8. The van der Waals surface area contributed by atoms with Gasteiger partial charge in [0.1, 0.15) is 6.54 Å². The van der Waals surface area contributed by atoms with Gasteiger partial charge in [0.2, 0.25) is 11.9 Å². The van der Waals surface area contributed by atoms with E-state index in [4.69, 9.17) is 11.6 Å². The molecule has 0 saturated carbocycles. The van der Waals surface area contributed by atoms with E-state index < -0.39 is 32.5 Å². The normalized spacial score (nSPS) is 11.6. The van der Waals surface area contributed by atoms with Crippen molar-refractivity contribution < 1.29 is 21.6 Å². The Balaban J connectivity index is 1.53. The third-order valence-corrected chi connectivity index (χ3v) is 9.05. The molecular weight excluding hydrogens is 574 g/mol. The molecule has 0 radical (unpaired) electrons. The lowest BCUT2D eigenvalue weighted by molar-refractivity contribution is -0.114. The van der Waals surface area contributed by atoms with Gasteiger partial charge in [0.05, 0.1) is 15.5 Å². The molecule has 0 spiro atoms. The van der Waals surface area contributed by atoms with Crippen LogP contribution in [0.25, 0.3) is 0 Å². The smallest absolute Gasteiger partial charge is 0.264 e. The summed E-state index contributed by atoms with van der Waals surface area (Å²) in [5.74, 6) is -0.677. The van der Waals surface area contributed by atoms with Crippen molar-refractivity contribution in [2.24, 2.45) is 0 Å². The highest BCUT2D eigenvalue weighted by atomic mass is 35.5. The summed E-state index contributed by atoms with van der Waals surface area (Å²) in [7, 11) is -8.11. The lowest BCUT2D eigenvalue weighted by atomic mass is 10.2. The molecule has 4 rings (SSSR count). The molecule has 0 atom stereocenters. The summed E-state index contributed by atoms with van der Waals surface area (Å²) < 4.78 is 55.9. The van der Waals surface area contributed by atoms with E-state index in [9.17, 15) is 21.6 Å². The van der Waals surface area contributed by atoms with E-state index in [1.807, 2.05) is 6.92 Å². The van der Waals surface area contributed by atoms with Gasteiger partial charge < -0.3 is 5.32 Å². The van der Waals surface area contributed by atoms with Crippen LogP contribution in [0.4, 0.5) is 17.3 Å². The van der Waals surface area contributed by atoms with Gasteiger partial charge in [0, 0.05) is 22.1 Å². The van der Waals surface area contributed by atoms with Crippen molar-refractivity contribution in [3.63, 3.8) is 0 Å². The summed E-state index contributed by atoms with van der Waals surface area (Å²) in [6.07, 6.45) is 0. The van der Waals surface area contributed by atoms with E-state index in [2.05, 4.69) is 20.0 Å². The van der Waals surface area contributed by atoms with Crippen molar-refractivity contribution in [1.82, 2.24) is 9.97 Å². The van der Waals surface area contributed by atoms with Crippen molar-refractivity contribution in [3.05, 3.63) is 101 Å². The minimum atomic E-state index is -4.12. The molecule has 10 nitrogen and oxygen atoms in total. The number of hydrogen-bond acceptors (Lipinski definition) is 7. The zero-order valence-electron chi connectivity index (χ0n) is 21.8. The monoisotopic (exact) mass is 599 g/mol. The van der Waals surface area contributed by atoms with Crippen molar-refractivity contribution in [2.75, 3.05) is 20.9 Å². The Morgan fingerprint density at radius 2 is 1.35 bits per heavy atom. The van der Waals surface area contributed by atoms with Crippen molar-refractivity contribution in [2.45, 2.75) is 30.6 Å². The second kappa shape index (κ2) is 11.6. The number of aromatic nitrogens is 2. The summed E-state index contributed by atoms with van der Waals surface area (Å²) >= 11 is 5.92. The number of halogens is 1. The molecule has 4 aromatic rings. The number of benzene rings is 3. The maximum atomic E-state index is 13.5. The predicted octanol–water partition coefficient (Wildman–Crippen LogP) is 4.69. The van der Waals surface area contributed by atoms with Crippen LogP contribution < -0.4 is 14.3 Å².